The van der Waals surface area contributed by atoms with Gasteiger partial charge in [-0.15, -0.1) is 0 Å². The van der Waals surface area contributed by atoms with Crippen LogP contribution in [0.3, 0.4) is 0 Å². The Kier molecular flexibility index (Phi) is 12.0. The smallest absolute Gasteiger partial charge is 0.413 e. The summed E-state index contributed by atoms with van der Waals surface area (Å²) >= 11 is 0. The van der Waals surface area contributed by atoms with Gasteiger partial charge in [-0.3, -0.25) is 19.3 Å². The average Bonchev–Trinajstić information content (AvgIpc) is 3.50. The van der Waals surface area contributed by atoms with E-state index in [9.17, 15) is 39.3 Å². The highest BCUT2D eigenvalue weighted by Crippen LogP contribution is 2.64. The second-order valence-electron chi connectivity index (χ2n) is 20.0. The molecular weight excluding hydrogens is 847 g/mol. The lowest BCUT2D eigenvalue weighted by Gasteiger charge is -2.68. The van der Waals surface area contributed by atoms with Gasteiger partial charge in [-0.1, -0.05) is 62.4 Å². The number of carbonyl (C=O) groups excluding carboxylic acids is 6. The van der Waals surface area contributed by atoms with E-state index in [-0.39, 0.29) is 16.7 Å². The number of aliphatic hydroxyl groups excluding tert-OH is 2. The van der Waals surface area contributed by atoms with E-state index >= 15 is 4.79 Å². The number of Topliss-reactive ketones (excluding diaryl/α,β-unsaturated/α-hetero) is 1. The highest BCUT2D eigenvalue weighted by Gasteiger charge is 2.80. The Hall–Kier alpha value is -5.20. The molecule has 352 valence electrons. The summed E-state index contributed by atoms with van der Waals surface area (Å²) in [5, 5.41) is 37.6. The maximum Gasteiger partial charge on any atom is 0.413 e. The van der Waals surface area contributed by atoms with Crippen molar-refractivity contribution in [2.45, 2.75) is 154 Å². The van der Waals surface area contributed by atoms with E-state index in [1.165, 1.54) is 30.9 Å². The molecule has 1 unspecified atom stereocenters. The summed E-state index contributed by atoms with van der Waals surface area (Å²) in [7, 11) is 0. The number of carbonyl (C=O) groups is 6. The van der Waals surface area contributed by atoms with Crippen LogP contribution in [-0.4, -0.2) is 128 Å². The van der Waals surface area contributed by atoms with Gasteiger partial charge in [0.1, 0.15) is 47.4 Å². The molecule has 0 radical (unpaired) electrons. The Balaban J connectivity index is 1.43. The van der Waals surface area contributed by atoms with E-state index in [4.69, 9.17) is 33.2 Å². The molecule has 12 atom stereocenters. The minimum absolute atomic E-state index is 0.0364. The lowest BCUT2D eigenvalue weighted by molar-refractivity contribution is -0.369. The third-order valence-electron chi connectivity index (χ3n) is 14.0. The molecule has 17 nitrogen and oxygen atoms in total. The van der Waals surface area contributed by atoms with Crippen LogP contribution in [0.5, 0.6) is 0 Å². The highest BCUT2D eigenvalue weighted by molar-refractivity contribution is 5.96. The molecule has 2 aromatic rings. The predicted octanol–water partition coefficient (Wildman–Crippen LogP) is 4.29. The van der Waals surface area contributed by atoms with Crippen LogP contribution >= 0.6 is 0 Å². The second-order valence-corrected chi connectivity index (χ2v) is 20.0. The summed E-state index contributed by atoms with van der Waals surface area (Å²) in [4.78, 5) is 86.4. The summed E-state index contributed by atoms with van der Waals surface area (Å²) in [6, 6.07) is 15.3. The van der Waals surface area contributed by atoms with Gasteiger partial charge in [0.15, 0.2) is 23.6 Å². The molecule has 7 rings (SSSR count). The summed E-state index contributed by atoms with van der Waals surface area (Å²) in [6.45, 7) is 15.9. The van der Waals surface area contributed by atoms with Crippen LogP contribution in [0.2, 0.25) is 0 Å². The second kappa shape index (κ2) is 16.3. The van der Waals surface area contributed by atoms with E-state index in [1.54, 1.807) is 97.0 Å². The maximum atomic E-state index is 15.6. The molecule has 5 aliphatic rings. The molecule has 4 fully saturated rings. The Bertz CT molecular complexity index is 2290. The molecule has 2 aliphatic heterocycles. The molecular formula is C48H59NO16. The van der Waals surface area contributed by atoms with Crippen molar-refractivity contribution in [1.82, 2.24) is 4.90 Å². The van der Waals surface area contributed by atoms with E-state index in [0.29, 0.717) is 5.56 Å². The van der Waals surface area contributed by atoms with Crippen molar-refractivity contribution in [2.75, 3.05) is 6.61 Å². The third kappa shape index (κ3) is 7.62. The minimum Gasteiger partial charge on any atom is -0.456 e. The highest BCUT2D eigenvalue weighted by atomic mass is 16.6. The van der Waals surface area contributed by atoms with Crippen molar-refractivity contribution in [3.05, 3.63) is 82.9 Å². The standard InChI is InChI=1S/C48H59NO16/c1-24-29(61-41(56)34-31(27-18-14-12-15-19-27)49(45(9,10)64-34)42(57)65-43(4,5)6)22-48(58)39(62-40(55)28-20-16-13-17-21-28)35-46(11,37(54)33(60-25(2)50)30(24)44(48,7)8)36(53)32(52)38-47(35,23-59-38)63-26(3)51/h12-21,29,31-36,38-39,52-53,58H,22-23H2,1-11H3/t29-,31-,32-,33+,34+,35?,36+,38+,39-,46-,47+,48+/m0/s1. The number of esters is 4. The number of nitrogens with zero attached hydrogens (tertiary/aromatic N) is 1. The summed E-state index contributed by atoms with van der Waals surface area (Å²) < 4.78 is 42.6. The quantitative estimate of drug-likeness (QED) is 0.200. The number of ether oxygens (including phenoxy) is 7. The van der Waals surface area contributed by atoms with Crippen LogP contribution in [0.1, 0.15) is 105 Å². The molecule has 2 bridgehead atoms. The van der Waals surface area contributed by atoms with Gasteiger partial charge in [0.2, 0.25) is 0 Å². The van der Waals surface area contributed by atoms with E-state index in [1.807, 2.05) is 0 Å². The maximum absolute atomic E-state index is 15.6. The van der Waals surface area contributed by atoms with Crippen LogP contribution in [0, 0.1) is 16.7 Å². The average molecular weight is 906 g/mol. The lowest BCUT2D eigenvalue weighted by atomic mass is 9.44. The third-order valence-corrected chi connectivity index (χ3v) is 14.0. The number of ketones is 1. The van der Waals surface area contributed by atoms with Crippen molar-refractivity contribution in [1.29, 1.82) is 0 Å². The number of benzene rings is 2. The minimum atomic E-state index is -2.45. The number of aliphatic hydroxyl groups is 3. The van der Waals surface area contributed by atoms with Gasteiger partial charge in [-0.2, -0.15) is 0 Å². The molecule has 0 spiro atoms. The van der Waals surface area contributed by atoms with E-state index in [2.05, 4.69) is 0 Å². The number of amides is 1. The molecule has 65 heavy (non-hydrogen) atoms. The van der Waals surface area contributed by atoms with Crippen LogP contribution in [-0.2, 0) is 52.3 Å². The zero-order chi connectivity index (χ0) is 48.0. The zero-order valence-electron chi connectivity index (χ0n) is 38.5. The number of rotatable bonds is 7. The number of fused-ring (bicyclic) bond motifs is 5. The van der Waals surface area contributed by atoms with Crippen molar-refractivity contribution < 1.29 is 77.2 Å². The molecule has 2 saturated carbocycles. The van der Waals surface area contributed by atoms with Crippen LogP contribution in [0.15, 0.2) is 71.8 Å². The van der Waals surface area contributed by atoms with Crippen molar-refractivity contribution in [3.63, 3.8) is 0 Å². The number of hydrogen-bond donors (Lipinski definition) is 3. The first-order valence-electron chi connectivity index (χ1n) is 21.7. The van der Waals surface area contributed by atoms with Crippen molar-refractivity contribution in [2.24, 2.45) is 16.7 Å². The van der Waals surface area contributed by atoms with Crippen LogP contribution < -0.4 is 0 Å². The largest absolute Gasteiger partial charge is 0.456 e. The molecule has 2 saturated heterocycles. The van der Waals surface area contributed by atoms with Gasteiger partial charge in [-0.25, -0.2) is 14.4 Å². The molecule has 2 aromatic carbocycles. The number of hydrogen-bond acceptors (Lipinski definition) is 16. The predicted molar refractivity (Wildman–Crippen MR) is 226 cm³/mol. The first kappa shape index (κ1) is 47.8. The fraction of sp³-hybridized carbons (Fsp3) is 0.583. The first-order valence-corrected chi connectivity index (χ1v) is 21.7. The molecule has 3 N–H and O–H groups in total. The van der Waals surface area contributed by atoms with Gasteiger partial charge >= 0.3 is 30.0 Å². The van der Waals surface area contributed by atoms with Gasteiger partial charge in [0.05, 0.1) is 29.6 Å². The Morgan fingerprint density at radius 1 is 0.846 bits per heavy atom. The van der Waals surface area contributed by atoms with Gasteiger partial charge in [0.25, 0.3) is 0 Å². The summed E-state index contributed by atoms with van der Waals surface area (Å²) in [6.07, 6.45) is -13.5. The van der Waals surface area contributed by atoms with Gasteiger partial charge < -0.3 is 48.5 Å². The van der Waals surface area contributed by atoms with Crippen molar-refractivity contribution in [3.8, 4) is 0 Å². The Morgan fingerprint density at radius 3 is 1.98 bits per heavy atom. The fourth-order valence-corrected chi connectivity index (χ4v) is 11.0. The van der Waals surface area contributed by atoms with Crippen LogP contribution in [0.25, 0.3) is 0 Å². The van der Waals surface area contributed by atoms with E-state index in [0.717, 1.165) is 13.8 Å². The zero-order valence-corrected chi connectivity index (χ0v) is 38.5. The van der Waals surface area contributed by atoms with Crippen LogP contribution in [0.4, 0.5) is 4.79 Å². The lowest BCUT2D eigenvalue weighted by Crippen LogP contribution is -2.85. The first-order chi connectivity index (χ1) is 30.1. The topological polar surface area (TPSA) is 231 Å². The molecule has 0 aromatic heterocycles. The Morgan fingerprint density at radius 2 is 1.45 bits per heavy atom. The normalized spacial score (nSPS) is 35.8. The van der Waals surface area contributed by atoms with Crippen molar-refractivity contribution >= 4 is 35.8 Å². The fourth-order valence-electron chi connectivity index (χ4n) is 11.0. The summed E-state index contributed by atoms with van der Waals surface area (Å²) in [5.74, 6) is -6.48. The van der Waals surface area contributed by atoms with Gasteiger partial charge in [-0.05, 0) is 77.3 Å². The summed E-state index contributed by atoms with van der Waals surface area (Å²) in [5.41, 5.74) is -10.2. The molecule has 3 aliphatic carbocycles. The van der Waals surface area contributed by atoms with Gasteiger partial charge in [0, 0.05) is 25.7 Å². The molecule has 17 heteroatoms. The molecule has 1 amide bonds. The Labute approximate surface area is 377 Å². The monoisotopic (exact) mass is 905 g/mol. The van der Waals surface area contributed by atoms with E-state index < -0.39 is 137 Å². The SMILES string of the molecule is CC(=O)O[C@H]1C(=O)[C@@]2(C)C([C@H](OC(=O)c3ccccc3)[C@]3(O)C[C@H](OC(=O)[C@@H]4OC(C)(C)N(C(=O)OC(C)(C)C)[C@H]4c4ccccc4)C(C)=C1C3(C)C)[C@]1(OC(C)=O)CO[C@@H]1[C@@H](O)[C@H]2O. The molecule has 2 heterocycles.